The molecule has 0 bridgehead atoms. The van der Waals surface area contributed by atoms with Crippen molar-refractivity contribution in [1.29, 1.82) is 0 Å². The Morgan fingerprint density at radius 2 is 0.816 bits per heavy atom. The van der Waals surface area contributed by atoms with Gasteiger partial charge >= 0.3 is 0 Å². The highest BCUT2D eigenvalue weighted by Gasteiger charge is 2.40. The Bertz CT molecular complexity index is 1200. The van der Waals surface area contributed by atoms with E-state index in [1.54, 1.807) is 24.3 Å². The normalized spacial score (nSPS) is 32.4. The van der Waals surface area contributed by atoms with Gasteiger partial charge in [0.1, 0.15) is 0 Å². The van der Waals surface area contributed by atoms with Gasteiger partial charge in [0.15, 0.2) is 23.3 Å². The molecule has 0 saturated heterocycles. The third kappa shape index (κ3) is 8.96. The highest BCUT2D eigenvalue weighted by Crippen LogP contribution is 2.51. The van der Waals surface area contributed by atoms with Gasteiger partial charge in [0.05, 0.1) is 12.2 Å². The molecule has 1 nitrogen and oxygen atoms in total. The number of benzene rings is 2. The van der Waals surface area contributed by atoms with Crippen molar-refractivity contribution in [2.75, 3.05) is 0 Å². The minimum absolute atomic E-state index is 0.00209. The second-order valence-corrected chi connectivity index (χ2v) is 16.8. The lowest BCUT2D eigenvalue weighted by Gasteiger charge is -2.43. The van der Waals surface area contributed by atoms with E-state index in [-0.39, 0.29) is 23.0 Å². The van der Waals surface area contributed by atoms with Crippen molar-refractivity contribution < 1.29 is 22.3 Å². The summed E-state index contributed by atoms with van der Waals surface area (Å²) in [6, 6.07) is 8.72. The lowest BCUT2D eigenvalue weighted by atomic mass is 9.67. The maximum atomic E-state index is 15.7. The van der Waals surface area contributed by atoms with Gasteiger partial charge in [-0.3, -0.25) is 0 Å². The highest BCUT2D eigenvalue weighted by molar-refractivity contribution is 5.25. The van der Waals surface area contributed by atoms with E-state index in [0.29, 0.717) is 11.8 Å². The second kappa shape index (κ2) is 17.6. The van der Waals surface area contributed by atoms with Gasteiger partial charge in [-0.2, -0.15) is 0 Å². The van der Waals surface area contributed by atoms with Gasteiger partial charge in [-0.1, -0.05) is 89.5 Å². The quantitative estimate of drug-likeness (QED) is 0.203. The monoisotopic (exact) mass is 682 g/mol. The van der Waals surface area contributed by atoms with Crippen LogP contribution in [0.1, 0.15) is 166 Å². The summed E-state index contributed by atoms with van der Waals surface area (Å²) in [7, 11) is 0. The number of ether oxygens (including phenoxy) is 1. The van der Waals surface area contributed by atoms with Crippen LogP contribution < -0.4 is 0 Å². The van der Waals surface area contributed by atoms with E-state index in [2.05, 4.69) is 13.8 Å². The Hall–Kier alpha value is -1.88. The van der Waals surface area contributed by atoms with Crippen molar-refractivity contribution in [3.8, 4) is 0 Å². The Morgan fingerprint density at radius 3 is 1.14 bits per heavy atom. The molecule has 0 N–H and O–H groups in total. The van der Waals surface area contributed by atoms with Crippen molar-refractivity contribution in [3.63, 3.8) is 0 Å². The molecule has 0 aromatic heterocycles. The molecule has 0 spiro atoms. The zero-order valence-electron chi connectivity index (χ0n) is 30.3. The molecule has 4 saturated carbocycles. The summed E-state index contributed by atoms with van der Waals surface area (Å²) >= 11 is 0. The van der Waals surface area contributed by atoms with Crippen molar-refractivity contribution in [3.05, 3.63) is 70.8 Å². The van der Waals surface area contributed by atoms with Crippen molar-refractivity contribution >= 4 is 0 Å². The van der Waals surface area contributed by atoms with Gasteiger partial charge in [0.2, 0.25) is 0 Å². The largest absolute Gasteiger partial charge is 0.365 e. The average Bonchev–Trinajstić information content (AvgIpc) is 3.13. The lowest BCUT2D eigenvalue weighted by molar-refractivity contribution is -0.0962. The predicted octanol–water partition coefficient (Wildman–Crippen LogP) is 13.9. The smallest absolute Gasteiger partial charge is 0.164 e. The van der Waals surface area contributed by atoms with Gasteiger partial charge < -0.3 is 4.74 Å². The van der Waals surface area contributed by atoms with E-state index in [1.807, 2.05) is 0 Å². The molecular weight excluding hydrogens is 620 g/mol. The molecule has 2 unspecified atom stereocenters. The van der Waals surface area contributed by atoms with E-state index in [0.717, 1.165) is 87.2 Å². The van der Waals surface area contributed by atoms with E-state index in [1.165, 1.54) is 77.0 Å². The van der Waals surface area contributed by atoms with Crippen molar-refractivity contribution in [2.24, 2.45) is 47.3 Å². The highest BCUT2D eigenvalue weighted by atomic mass is 19.2. The first-order chi connectivity index (χ1) is 23.9. The summed E-state index contributed by atoms with van der Waals surface area (Å²) in [4.78, 5) is 0. The molecule has 2 aromatic carbocycles. The van der Waals surface area contributed by atoms with Crippen LogP contribution in [0.25, 0.3) is 0 Å². The van der Waals surface area contributed by atoms with E-state index < -0.39 is 35.5 Å². The van der Waals surface area contributed by atoms with Crippen LogP contribution in [0, 0.1) is 70.6 Å². The third-order valence-electron chi connectivity index (χ3n) is 13.9. The number of hydrogen-bond acceptors (Lipinski definition) is 1. The summed E-state index contributed by atoms with van der Waals surface area (Å²) in [5, 5.41) is 0. The maximum absolute atomic E-state index is 15.7. The first-order valence-corrected chi connectivity index (χ1v) is 20.4. The number of hydrogen-bond donors (Lipinski definition) is 0. The zero-order chi connectivity index (χ0) is 34.3. The molecule has 2 aromatic rings. The first-order valence-electron chi connectivity index (χ1n) is 20.4. The van der Waals surface area contributed by atoms with Gasteiger partial charge in [-0.25, -0.2) is 17.6 Å². The Labute approximate surface area is 294 Å². The summed E-state index contributed by atoms with van der Waals surface area (Å²) < 4.78 is 67.9. The first kappa shape index (κ1) is 36.9. The van der Waals surface area contributed by atoms with Crippen LogP contribution in [0.15, 0.2) is 36.4 Å². The van der Waals surface area contributed by atoms with Crippen molar-refractivity contribution in [2.45, 2.75) is 154 Å². The Kier molecular flexibility index (Phi) is 13.2. The maximum Gasteiger partial charge on any atom is 0.164 e. The molecule has 0 amide bonds. The zero-order valence-corrected chi connectivity index (χ0v) is 30.3. The van der Waals surface area contributed by atoms with Gasteiger partial charge in [0, 0.05) is 11.1 Å². The van der Waals surface area contributed by atoms with Crippen LogP contribution >= 0.6 is 0 Å². The van der Waals surface area contributed by atoms with Gasteiger partial charge in [-0.15, -0.1) is 0 Å². The van der Waals surface area contributed by atoms with E-state index in [4.69, 9.17) is 4.74 Å². The molecular formula is C44H62F4O. The molecule has 4 aliphatic rings. The van der Waals surface area contributed by atoms with Crippen LogP contribution in [0.5, 0.6) is 0 Å². The Morgan fingerprint density at radius 1 is 0.490 bits per heavy atom. The Balaban J connectivity index is 1.19. The van der Waals surface area contributed by atoms with Crippen LogP contribution in [-0.2, 0) is 4.74 Å². The van der Waals surface area contributed by atoms with E-state index >= 15 is 8.78 Å². The summed E-state index contributed by atoms with van der Waals surface area (Å²) in [5.74, 6) is 1.09. The second-order valence-electron chi connectivity index (χ2n) is 16.8. The molecule has 272 valence electrons. The summed E-state index contributed by atoms with van der Waals surface area (Å²) in [6.07, 6.45) is 22.1. The molecule has 5 heteroatoms. The molecule has 4 fully saturated rings. The average molecular weight is 683 g/mol. The summed E-state index contributed by atoms with van der Waals surface area (Å²) in [5.41, 5.74) is 0.450. The van der Waals surface area contributed by atoms with E-state index in [9.17, 15) is 8.78 Å². The van der Waals surface area contributed by atoms with Gasteiger partial charge in [0.25, 0.3) is 0 Å². The standard InChI is InChI=1S/C44H62F4O/c1-3-7-29-13-17-31(18-14-29)33-21-25-35(26-22-33)43(37-9-5-11-39(45)41(37)47)49-44(38-10-6-12-40(46)42(38)48)36-27-23-34(24-28-36)32-19-15-30(8-4-2)16-20-32/h5-6,9-12,29-36,43-44H,3-4,7-8,13-28H2,1-2H3. The third-order valence-corrected chi connectivity index (χ3v) is 13.9. The SMILES string of the molecule is CCCC1CCC(C2CCC(C(OC(c3cccc(F)c3F)C3CCC(C4CCC(CCC)CC4)CC3)c3cccc(F)c3F)CC2)CC1. The minimum Gasteiger partial charge on any atom is -0.365 e. The summed E-state index contributed by atoms with van der Waals surface area (Å²) in [6.45, 7) is 4.57. The molecule has 6 rings (SSSR count). The van der Waals surface area contributed by atoms with Crippen LogP contribution in [-0.4, -0.2) is 0 Å². The number of halogens is 4. The molecule has 2 atom stereocenters. The molecule has 0 radical (unpaired) electrons. The number of rotatable bonds is 12. The molecule has 0 aliphatic heterocycles. The molecule has 0 heterocycles. The van der Waals surface area contributed by atoms with Gasteiger partial charge in [-0.05, 0) is 137 Å². The lowest BCUT2D eigenvalue weighted by Crippen LogP contribution is -2.32. The molecule has 4 aliphatic carbocycles. The fraction of sp³-hybridized carbons (Fsp3) is 0.727. The topological polar surface area (TPSA) is 9.23 Å². The fourth-order valence-electron chi connectivity index (χ4n) is 11.1. The fourth-order valence-corrected chi connectivity index (χ4v) is 11.1. The predicted molar refractivity (Wildman–Crippen MR) is 191 cm³/mol. The van der Waals surface area contributed by atoms with Crippen LogP contribution in [0.2, 0.25) is 0 Å². The minimum atomic E-state index is -0.883. The van der Waals surface area contributed by atoms with Crippen LogP contribution in [0.3, 0.4) is 0 Å². The van der Waals surface area contributed by atoms with Crippen molar-refractivity contribution in [1.82, 2.24) is 0 Å². The molecule has 49 heavy (non-hydrogen) atoms. The van der Waals surface area contributed by atoms with Crippen LogP contribution in [0.4, 0.5) is 17.6 Å².